The van der Waals surface area contributed by atoms with Crippen molar-refractivity contribution in [3.63, 3.8) is 0 Å². The fourth-order valence-corrected chi connectivity index (χ4v) is 4.88. The molecular formula is C9H11BrN4O2S2. The summed E-state index contributed by atoms with van der Waals surface area (Å²) in [7, 11) is -3.55. The highest BCUT2D eigenvalue weighted by Crippen LogP contribution is 2.31. The number of halogens is 1. The summed E-state index contributed by atoms with van der Waals surface area (Å²) in [6.07, 6.45) is 3.06. The molecule has 98 valence electrons. The molecule has 0 aliphatic heterocycles. The van der Waals surface area contributed by atoms with Gasteiger partial charge >= 0.3 is 0 Å². The first kappa shape index (κ1) is 13.7. The average molecular weight is 351 g/mol. The molecule has 0 bridgehead atoms. The van der Waals surface area contributed by atoms with Gasteiger partial charge in [-0.1, -0.05) is 0 Å². The highest BCUT2D eigenvalue weighted by atomic mass is 79.9. The molecule has 0 aromatic carbocycles. The second kappa shape index (κ2) is 5.49. The lowest BCUT2D eigenvalue weighted by Gasteiger charge is -2.03. The van der Waals surface area contributed by atoms with Gasteiger partial charge in [0.25, 0.3) is 0 Å². The van der Waals surface area contributed by atoms with Crippen molar-refractivity contribution in [3.8, 4) is 0 Å². The topological polar surface area (TPSA) is 101 Å². The number of nitrogens with zero attached hydrogens (tertiary/aromatic N) is 1. The van der Waals surface area contributed by atoms with Crippen molar-refractivity contribution in [1.29, 1.82) is 0 Å². The summed E-state index contributed by atoms with van der Waals surface area (Å²) in [5, 5.41) is 0. The number of aromatic nitrogens is 2. The molecule has 6 nitrogen and oxygen atoms in total. The van der Waals surface area contributed by atoms with E-state index in [0.717, 1.165) is 4.88 Å². The zero-order valence-electron chi connectivity index (χ0n) is 9.18. The summed E-state index contributed by atoms with van der Waals surface area (Å²) in [6, 6.07) is 1.57. The van der Waals surface area contributed by atoms with Crippen LogP contribution in [0.2, 0.25) is 0 Å². The first-order chi connectivity index (χ1) is 8.53. The third kappa shape index (κ3) is 2.98. The zero-order valence-corrected chi connectivity index (χ0v) is 12.4. The fourth-order valence-electron chi connectivity index (χ4n) is 1.31. The maximum Gasteiger partial charge on any atom is 0.242 e. The molecular weight excluding hydrogens is 340 g/mol. The van der Waals surface area contributed by atoms with Crippen LogP contribution < -0.4 is 10.5 Å². The summed E-state index contributed by atoms with van der Waals surface area (Å²) in [5.41, 5.74) is 6.19. The molecule has 0 saturated heterocycles. The Kier molecular flexibility index (Phi) is 4.17. The molecule has 2 heterocycles. The second-order valence-corrected chi connectivity index (χ2v) is 7.65. The number of nitrogens with two attached hydrogens (primary N) is 1. The van der Waals surface area contributed by atoms with E-state index in [-0.39, 0.29) is 11.4 Å². The molecule has 0 aliphatic carbocycles. The first-order valence-electron chi connectivity index (χ1n) is 4.98. The van der Waals surface area contributed by atoms with Crippen LogP contribution in [0.3, 0.4) is 0 Å². The highest BCUT2D eigenvalue weighted by Gasteiger charge is 2.20. The Morgan fingerprint density at radius 2 is 2.33 bits per heavy atom. The number of imidazole rings is 1. The van der Waals surface area contributed by atoms with Crippen LogP contribution in [0.5, 0.6) is 0 Å². The van der Waals surface area contributed by atoms with Gasteiger partial charge in [-0.2, -0.15) is 0 Å². The van der Waals surface area contributed by atoms with E-state index >= 15 is 0 Å². The van der Waals surface area contributed by atoms with Crippen LogP contribution in [0.15, 0.2) is 27.3 Å². The van der Waals surface area contributed by atoms with Crippen LogP contribution in [0.25, 0.3) is 0 Å². The fraction of sp³-hybridized carbons (Fsp3) is 0.222. The minimum absolute atomic E-state index is 0.169. The summed E-state index contributed by atoms with van der Waals surface area (Å²) >= 11 is 4.55. The third-order valence-electron chi connectivity index (χ3n) is 2.20. The maximum absolute atomic E-state index is 12.1. The quantitative estimate of drug-likeness (QED) is 0.753. The van der Waals surface area contributed by atoms with Gasteiger partial charge in [0, 0.05) is 23.3 Å². The lowest BCUT2D eigenvalue weighted by molar-refractivity contribution is 0.580. The van der Waals surface area contributed by atoms with E-state index in [1.54, 1.807) is 12.3 Å². The van der Waals surface area contributed by atoms with Crippen molar-refractivity contribution in [2.24, 2.45) is 5.73 Å². The number of sulfonamides is 1. The van der Waals surface area contributed by atoms with Gasteiger partial charge in [0.15, 0.2) is 0 Å². The van der Waals surface area contributed by atoms with Crippen molar-refractivity contribution in [3.05, 3.63) is 32.9 Å². The lowest BCUT2D eigenvalue weighted by Crippen LogP contribution is -2.23. The van der Waals surface area contributed by atoms with Gasteiger partial charge in [-0.25, -0.2) is 18.1 Å². The van der Waals surface area contributed by atoms with E-state index < -0.39 is 10.0 Å². The van der Waals surface area contributed by atoms with E-state index in [0.29, 0.717) is 16.0 Å². The smallest absolute Gasteiger partial charge is 0.242 e. The Hall–Kier alpha value is -0.740. The number of hydrogen-bond donors (Lipinski definition) is 3. The second-order valence-electron chi connectivity index (χ2n) is 3.46. The molecule has 18 heavy (non-hydrogen) atoms. The van der Waals surface area contributed by atoms with Gasteiger partial charge in [0.05, 0.1) is 16.7 Å². The highest BCUT2D eigenvalue weighted by molar-refractivity contribution is 9.11. The van der Waals surface area contributed by atoms with E-state index in [4.69, 9.17) is 5.73 Å². The van der Waals surface area contributed by atoms with Crippen molar-refractivity contribution in [2.45, 2.75) is 18.0 Å². The number of hydrogen-bond acceptors (Lipinski definition) is 5. The van der Waals surface area contributed by atoms with Gasteiger partial charge in [-0.3, -0.25) is 0 Å². The number of nitrogens with one attached hydrogen (secondary N) is 2. The third-order valence-corrected chi connectivity index (χ3v) is 5.88. The van der Waals surface area contributed by atoms with Crippen LogP contribution in [-0.4, -0.2) is 18.4 Å². The Balaban J connectivity index is 2.17. The Bertz CT molecular complexity index is 621. The Morgan fingerprint density at radius 1 is 1.56 bits per heavy atom. The van der Waals surface area contributed by atoms with Gasteiger partial charge in [-0.15, -0.1) is 11.3 Å². The van der Waals surface area contributed by atoms with Gasteiger partial charge < -0.3 is 10.7 Å². The molecule has 0 fully saturated rings. The van der Waals surface area contributed by atoms with Crippen molar-refractivity contribution < 1.29 is 8.42 Å². The normalized spacial score (nSPS) is 11.9. The average Bonchev–Trinajstić information content (AvgIpc) is 2.95. The lowest BCUT2D eigenvalue weighted by atomic mass is 10.5. The van der Waals surface area contributed by atoms with Crippen LogP contribution in [-0.2, 0) is 23.1 Å². The van der Waals surface area contributed by atoms with E-state index in [2.05, 4.69) is 30.6 Å². The molecule has 2 aromatic heterocycles. The molecule has 0 amide bonds. The van der Waals surface area contributed by atoms with E-state index in [9.17, 15) is 8.42 Å². The van der Waals surface area contributed by atoms with Crippen LogP contribution in [0.1, 0.15) is 10.6 Å². The molecule has 0 atom stereocenters. The largest absolute Gasteiger partial charge is 0.347 e. The maximum atomic E-state index is 12.1. The number of thiophene rings is 1. The summed E-state index contributed by atoms with van der Waals surface area (Å²) in [5.74, 6) is 0. The van der Waals surface area contributed by atoms with E-state index in [1.807, 2.05) is 0 Å². The number of rotatable bonds is 5. The zero-order chi connectivity index (χ0) is 13.2. The van der Waals surface area contributed by atoms with E-state index in [1.165, 1.54) is 17.7 Å². The molecule has 2 aromatic rings. The minimum atomic E-state index is -3.55. The molecule has 0 aliphatic rings. The molecule has 0 spiro atoms. The van der Waals surface area contributed by atoms with Crippen LogP contribution >= 0.6 is 27.3 Å². The van der Waals surface area contributed by atoms with Crippen molar-refractivity contribution in [2.75, 3.05) is 0 Å². The molecule has 9 heteroatoms. The molecule has 2 rings (SSSR count). The van der Waals surface area contributed by atoms with Crippen molar-refractivity contribution in [1.82, 2.24) is 14.7 Å². The van der Waals surface area contributed by atoms with Crippen LogP contribution in [0.4, 0.5) is 0 Å². The predicted octanol–water partition coefficient (Wildman–Crippen LogP) is 1.17. The Labute approximate surface area is 117 Å². The standard InChI is InChI=1S/C9H11BrN4O2S2/c10-9-8(1-7(2-11)17-9)18(15,16)14-4-6-3-12-5-13-6/h1,3,5,14H,2,4,11H2,(H,12,13). The molecule has 0 unspecified atom stereocenters. The molecule has 0 radical (unpaired) electrons. The SMILES string of the molecule is NCc1cc(S(=O)(=O)NCc2cnc[nH]2)c(Br)s1. The van der Waals surface area contributed by atoms with Gasteiger partial charge in [0.1, 0.15) is 4.90 Å². The Morgan fingerprint density at radius 3 is 2.89 bits per heavy atom. The molecule has 4 N–H and O–H groups in total. The molecule has 0 saturated carbocycles. The van der Waals surface area contributed by atoms with Crippen LogP contribution in [0, 0.1) is 0 Å². The van der Waals surface area contributed by atoms with Gasteiger partial charge in [0.2, 0.25) is 10.0 Å². The number of H-pyrrole nitrogens is 1. The van der Waals surface area contributed by atoms with Gasteiger partial charge in [-0.05, 0) is 22.0 Å². The predicted molar refractivity (Wildman–Crippen MR) is 72.5 cm³/mol. The van der Waals surface area contributed by atoms with Crippen molar-refractivity contribution >= 4 is 37.3 Å². The summed E-state index contributed by atoms with van der Waals surface area (Å²) in [4.78, 5) is 7.67. The summed E-state index contributed by atoms with van der Waals surface area (Å²) < 4.78 is 27.2. The number of aromatic amines is 1. The minimum Gasteiger partial charge on any atom is -0.347 e. The monoisotopic (exact) mass is 350 g/mol. The first-order valence-corrected chi connectivity index (χ1v) is 8.07. The summed E-state index contributed by atoms with van der Waals surface area (Å²) in [6.45, 7) is 0.488.